The molecule has 0 saturated carbocycles. The van der Waals surface area contributed by atoms with Gasteiger partial charge in [0.05, 0.1) is 11.9 Å². The second kappa shape index (κ2) is 3.27. The molecule has 0 unspecified atom stereocenters. The summed E-state index contributed by atoms with van der Waals surface area (Å²) in [6, 6.07) is 0. The van der Waals surface area contributed by atoms with Crippen LogP contribution in [0.4, 0.5) is 0 Å². The highest BCUT2D eigenvalue weighted by Gasteiger charge is 1.97. The largest absolute Gasteiger partial charge is 0.433 e. The van der Waals surface area contributed by atoms with Crippen molar-refractivity contribution in [3.05, 3.63) is 16.8 Å². The van der Waals surface area contributed by atoms with Crippen molar-refractivity contribution in [2.75, 3.05) is 6.26 Å². The Hall–Kier alpha value is 0.0400. The van der Waals surface area contributed by atoms with E-state index in [9.17, 15) is 0 Å². The van der Waals surface area contributed by atoms with Gasteiger partial charge in [-0.25, -0.2) is 4.98 Å². The predicted octanol–water partition coefficient (Wildman–Crippen LogP) is 2.30. The molecule has 1 aromatic heterocycles. The van der Waals surface area contributed by atoms with E-state index in [2.05, 4.69) is 20.9 Å². The lowest BCUT2D eigenvalue weighted by atomic mass is 10.8. The van der Waals surface area contributed by atoms with E-state index in [-0.39, 0.29) is 0 Å². The summed E-state index contributed by atoms with van der Waals surface area (Å²) >= 11 is 4.85. The molecule has 0 amide bonds. The maximum absolute atomic E-state index is 5.11. The molecular formula is C5H6BrNOS. The molecule has 0 aliphatic heterocycles. The van der Waals surface area contributed by atoms with E-state index in [1.807, 2.05) is 6.26 Å². The Morgan fingerprint density at radius 3 is 3.11 bits per heavy atom. The van der Waals surface area contributed by atoms with Gasteiger partial charge in [0, 0.05) is 0 Å². The van der Waals surface area contributed by atoms with Crippen molar-refractivity contribution >= 4 is 27.7 Å². The molecule has 0 aromatic carbocycles. The first-order valence-corrected chi connectivity index (χ1v) is 4.61. The maximum atomic E-state index is 5.11. The SMILES string of the molecule is CSCc1ncc(Br)o1. The molecule has 1 rings (SSSR count). The Morgan fingerprint density at radius 2 is 2.67 bits per heavy atom. The van der Waals surface area contributed by atoms with E-state index in [4.69, 9.17) is 4.42 Å². The van der Waals surface area contributed by atoms with Crippen molar-refractivity contribution in [2.24, 2.45) is 0 Å². The molecule has 0 saturated heterocycles. The number of thioether (sulfide) groups is 1. The quantitative estimate of drug-likeness (QED) is 0.745. The van der Waals surface area contributed by atoms with Gasteiger partial charge in [-0.05, 0) is 22.2 Å². The average Bonchev–Trinajstić information content (AvgIpc) is 2.17. The molecular weight excluding hydrogens is 202 g/mol. The first kappa shape index (κ1) is 7.15. The van der Waals surface area contributed by atoms with Crippen molar-refractivity contribution in [3.8, 4) is 0 Å². The number of halogens is 1. The first-order chi connectivity index (χ1) is 4.33. The monoisotopic (exact) mass is 207 g/mol. The molecule has 0 N–H and O–H groups in total. The number of hydrogen-bond acceptors (Lipinski definition) is 3. The highest BCUT2D eigenvalue weighted by molar-refractivity contribution is 9.10. The Bertz CT molecular complexity index is 189. The lowest BCUT2D eigenvalue weighted by Gasteiger charge is -1.85. The Morgan fingerprint density at radius 1 is 1.89 bits per heavy atom. The topological polar surface area (TPSA) is 26.0 Å². The van der Waals surface area contributed by atoms with Crippen molar-refractivity contribution in [1.82, 2.24) is 4.98 Å². The third-order valence-corrected chi connectivity index (χ3v) is 1.70. The van der Waals surface area contributed by atoms with E-state index in [0.29, 0.717) is 4.67 Å². The zero-order valence-electron chi connectivity index (χ0n) is 4.93. The molecule has 0 fully saturated rings. The Balaban J connectivity index is 2.61. The van der Waals surface area contributed by atoms with Crippen molar-refractivity contribution < 1.29 is 4.42 Å². The predicted molar refractivity (Wildman–Crippen MR) is 41.4 cm³/mol. The number of nitrogens with zero attached hydrogens (tertiary/aromatic N) is 1. The van der Waals surface area contributed by atoms with Gasteiger partial charge < -0.3 is 4.42 Å². The minimum Gasteiger partial charge on any atom is -0.433 e. The van der Waals surface area contributed by atoms with E-state index in [0.717, 1.165) is 11.6 Å². The van der Waals surface area contributed by atoms with Gasteiger partial charge in [0.1, 0.15) is 0 Å². The molecule has 0 atom stereocenters. The zero-order valence-corrected chi connectivity index (χ0v) is 7.33. The van der Waals surface area contributed by atoms with Crippen LogP contribution < -0.4 is 0 Å². The van der Waals surface area contributed by atoms with Crippen LogP contribution in [-0.2, 0) is 5.75 Å². The van der Waals surface area contributed by atoms with Crippen LogP contribution >= 0.6 is 27.7 Å². The van der Waals surface area contributed by atoms with Crippen molar-refractivity contribution in [3.63, 3.8) is 0 Å². The first-order valence-electron chi connectivity index (χ1n) is 2.42. The molecule has 0 radical (unpaired) electrons. The van der Waals surface area contributed by atoms with Crippen LogP contribution in [0.25, 0.3) is 0 Å². The molecule has 1 aromatic rings. The van der Waals surface area contributed by atoms with Crippen molar-refractivity contribution in [2.45, 2.75) is 5.75 Å². The molecule has 0 aliphatic carbocycles. The highest BCUT2D eigenvalue weighted by Crippen LogP contribution is 2.13. The summed E-state index contributed by atoms with van der Waals surface area (Å²) < 4.78 is 5.81. The van der Waals surface area contributed by atoms with Gasteiger partial charge in [-0.3, -0.25) is 0 Å². The standard InChI is InChI=1S/C5H6BrNOS/c1-9-3-5-7-2-4(6)8-5/h2H,3H2,1H3. The summed E-state index contributed by atoms with van der Waals surface area (Å²) in [6.45, 7) is 0. The summed E-state index contributed by atoms with van der Waals surface area (Å²) in [5.74, 6) is 1.61. The van der Waals surface area contributed by atoms with Crippen LogP contribution in [0.15, 0.2) is 15.3 Å². The van der Waals surface area contributed by atoms with E-state index >= 15 is 0 Å². The minimum atomic E-state index is 0.701. The van der Waals surface area contributed by atoms with Gasteiger partial charge >= 0.3 is 0 Å². The Labute approximate surface area is 66.2 Å². The van der Waals surface area contributed by atoms with Gasteiger partial charge in [-0.2, -0.15) is 11.8 Å². The van der Waals surface area contributed by atoms with Gasteiger partial charge in [-0.1, -0.05) is 0 Å². The van der Waals surface area contributed by atoms with Crippen LogP contribution in [0, 0.1) is 0 Å². The second-order valence-corrected chi connectivity index (χ2v) is 3.14. The van der Waals surface area contributed by atoms with E-state index < -0.39 is 0 Å². The fourth-order valence-corrected chi connectivity index (χ4v) is 1.15. The molecule has 9 heavy (non-hydrogen) atoms. The van der Waals surface area contributed by atoms with Crippen molar-refractivity contribution in [1.29, 1.82) is 0 Å². The summed E-state index contributed by atoms with van der Waals surface area (Å²) in [4.78, 5) is 3.97. The fourth-order valence-electron chi connectivity index (χ4n) is 0.478. The average molecular weight is 208 g/mol. The number of hydrogen-bond donors (Lipinski definition) is 0. The molecule has 1 heterocycles. The van der Waals surface area contributed by atoms with E-state index in [1.165, 1.54) is 0 Å². The Kier molecular flexibility index (Phi) is 2.60. The number of rotatable bonds is 2. The lowest BCUT2D eigenvalue weighted by molar-refractivity contribution is 0.495. The molecule has 4 heteroatoms. The van der Waals surface area contributed by atoms with Gasteiger partial charge in [0.25, 0.3) is 0 Å². The molecule has 0 bridgehead atoms. The van der Waals surface area contributed by atoms with Crippen LogP contribution in [0.2, 0.25) is 0 Å². The fraction of sp³-hybridized carbons (Fsp3) is 0.400. The second-order valence-electron chi connectivity index (χ2n) is 1.49. The van der Waals surface area contributed by atoms with E-state index in [1.54, 1.807) is 18.0 Å². The summed E-state index contributed by atoms with van der Waals surface area (Å²) in [5.41, 5.74) is 0. The van der Waals surface area contributed by atoms with Gasteiger partial charge in [0.15, 0.2) is 4.67 Å². The highest BCUT2D eigenvalue weighted by atomic mass is 79.9. The third kappa shape index (κ3) is 2.02. The molecule has 50 valence electrons. The molecule has 0 aliphatic rings. The van der Waals surface area contributed by atoms with Crippen LogP contribution in [0.5, 0.6) is 0 Å². The number of aromatic nitrogens is 1. The summed E-state index contributed by atoms with van der Waals surface area (Å²) in [5, 5.41) is 0. The van der Waals surface area contributed by atoms with Gasteiger partial charge in [-0.15, -0.1) is 0 Å². The molecule has 2 nitrogen and oxygen atoms in total. The maximum Gasteiger partial charge on any atom is 0.205 e. The summed E-state index contributed by atoms with van der Waals surface area (Å²) in [6.07, 6.45) is 3.67. The minimum absolute atomic E-state index is 0.701. The third-order valence-electron chi connectivity index (χ3n) is 0.793. The van der Waals surface area contributed by atoms with Crippen LogP contribution in [-0.4, -0.2) is 11.2 Å². The zero-order chi connectivity index (χ0) is 6.69. The number of oxazole rings is 1. The van der Waals surface area contributed by atoms with Crippen LogP contribution in [0.1, 0.15) is 5.89 Å². The smallest absolute Gasteiger partial charge is 0.205 e. The molecule has 0 spiro atoms. The normalized spacial score (nSPS) is 10.0. The van der Waals surface area contributed by atoms with Gasteiger partial charge in [0.2, 0.25) is 5.89 Å². The summed E-state index contributed by atoms with van der Waals surface area (Å²) in [7, 11) is 0. The van der Waals surface area contributed by atoms with Crippen LogP contribution in [0.3, 0.4) is 0 Å². The lowest BCUT2D eigenvalue weighted by Crippen LogP contribution is -1.74.